The molecule has 4 rings (SSSR count). The number of fused-ring (bicyclic) bond motifs is 3. The van der Waals surface area contributed by atoms with E-state index in [4.69, 9.17) is 9.54 Å². The fourth-order valence-electron chi connectivity index (χ4n) is 3.67. The number of nitrogens with zero attached hydrogens (tertiary/aromatic N) is 3. The maximum atomic E-state index is 12.5. The van der Waals surface area contributed by atoms with Gasteiger partial charge < -0.3 is 10.2 Å². The Balaban J connectivity index is 1.70. The van der Waals surface area contributed by atoms with E-state index in [-0.39, 0.29) is 29.1 Å². The van der Waals surface area contributed by atoms with E-state index in [0.717, 1.165) is 17.0 Å². The molecule has 0 saturated heterocycles. The molecule has 1 amide bonds. The molecule has 0 fully saturated rings. The molecule has 1 aliphatic carbocycles. The second-order valence-electron chi connectivity index (χ2n) is 7.17. The van der Waals surface area contributed by atoms with Crippen molar-refractivity contribution in [1.82, 2.24) is 14.9 Å². The van der Waals surface area contributed by atoms with E-state index in [1.165, 1.54) is 24.3 Å². The predicted molar refractivity (Wildman–Crippen MR) is 107 cm³/mol. The third-order valence-electron chi connectivity index (χ3n) is 5.23. The van der Waals surface area contributed by atoms with E-state index in [1.807, 2.05) is 12.2 Å². The maximum Gasteiger partial charge on any atom is 0.294 e. The van der Waals surface area contributed by atoms with Crippen LogP contribution in [0.5, 0.6) is 0 Å². The molecule has 2 atom stereocenters. The van der Waals surface area contributed by atoms with Crippen molar-refractivity contribution in [2.75, 3.05) is 12.4 Å². The Morgan fingerprint density at radius 1 is 1.24 bits per heavy atom. The first-order valence-corrected chi connectivity index (χ1v) is 10.5. The van der Waals surface area contributed by atoms with Crippen LogP contribution >= 0.6 is 0 Å². The van der Waals surface area contributed by atoms with Crippen molar-refractivity contribution in [3.63, 3.8) is 0 Å². The lowest BCUT2D eigenvalue weighted by Crippen LogP contribution is -2.30. The highest BCUT2D eigenvalue weighted by molar-refractivity contribution is 7.85. The number of carbonyl (C=O) groups excluding carboxylic acids is 1. The quantitative estimate of drug-likeness (QED) is 0.745. The molecule has 0 radical (unpaired) electrons. The van der Waals surface area contributed by atoms with E-state index in [2.05, 4.69) is 23.3 Å². The Labute approximate surface area is 168 Å². The van der Waals surface area contributed by atoms with Crippen LogP contribution in [0.3, 0.4) is 0 Å². The first-order valence-electron chi connectivity index (χ1n) is 9.09. The highest BCUT2D eigenvalue weighted by atomic mass is 32.2. The lowest BCUT2D eigenvalue weighted by molar-refractivity contribution is -0.127. The Hall–Kier alpha value is -3.04. The summed E-state index contributed by atoms with van der Waals surface area (Å²) >= 11 is 0. The standard InChI is InChI=1S/C20H20N4O4S/c1-12-4-3-5-16-18(12)19-13(10-17(25)24(16)2)11-21-20(23-19)22-14-6-8-15(9-7-14)29(26,27)28/h3-9,11-12,18H,10H2,1-2H3,(H,21,22,23)(H,26,27,28). The second-order valence-corrected chi connectivity index (χ2v) is 8.59. The van der Waals surface area contributed by atoms with E-state index in [1.54, 1.807) is 18.1 Å². The summed E-state index contributed by atoms with van der Waals surface area (Å²) in [5, 5.41) is 3.05. The Morgan fingerprint density at radius 3 is 2.66 bits per heavy atom. The molecular weight excluding hydrogens is 392 g/mol. The van der Waals surface area contributed by atoms with Crippen LogP contribution < -0.4 is 5.32 Å². The fourth-order valence-corrected chi connectivity index (χ4v) is 4.15. The third kappa shape index (κ3) is 3.66. The van der Waals surface area contributed by atoms with Gasteiger partial charge in [-0.2, -0.15) is 8.42 Å². The normalized spacial score (nSPS) is 21.1. The molecule has 2 aliphatic rings. The average molecular weight is 412 g/mol. The van der Waals surface area contributed by atoms with Crippen molar-refractivity contribution in [2.24, 2.45) is 5.92 Å². The highest BCUT2D eigenvalue weighted by Crippen LogP contribution is 2.40. The van der Waals surface area contributed by atoms with Crippen molar-refractivity contribution in [3.8, 4) is 0 Å². The van der Waals surface area contributed by atoms with Crippen LogP contribution in [0.1, 0.15) is 24.1 Å². The second kappa shape index (κ2) is 7.09. The third-order valence-corrected chi connectivity index (χ3v) is 6.10. The minimum atomic E-state index is -4.25. The number of hydrogen-bond acceptors (Lipinski definition) is 6. The Kier molecular flexibility index (Phi) is 4.71. The Bertz CT molecular complexity index is 1140. The molecule has 0 bridgehead atoms. The van der Waals surface area contributed by atoms with Crippen LogP contribution in [-0.4, -0.2) is 40.8 Å². The van der Waals surface area contributed by atoms with Crippen molar-refractivity contribution < 1.29 is 17.8 Å². The number of allylic oxidation sites excluding steroid dienone is 4. The zero-order chi connectivity index (χ0) is 20.8. The Morgan fingerprint density at radius 2 is 1.97 bits per heavy atom. The van der Waals surface area contributed by atoms with Crippen LogP contribution in [-0.2, 0) is 21.3 Å². The van der Waals surface area contributed by atoms with E-state index < -0.39 is 10.1 Å². The number of carbonyl (C=O) groups is 1. The average Bonchev–Trinajstić information content (AvgIpc) is 2.78. The van der Waals surface area contributed by atoms with Gasteiger partial charge in [0.1, 0.15) is 0 Å². The van der Waals surface area contributed by atoms with Crippen LogP contribution in [0.25, 0.3) is 0 Å². The zero-order valence-corrected chi connectivity index (χ0v) is 16.7. The van der Waals surface area contributed by atoms with Gasteiger partial charge in [0.05, 0.1) is 17.0 Å². The van der Waals surface area contributed by atoms with Gasteiger partial charge in [-0.05, 0) is 36.3 Å². The van der Waals surface area contributed by atoms with Gasteiger partial charge in [0, 0.05) is 36.1 Å². The molecule has 1 aromatic heterocycles. The lowest BCUT2D eigenvalue weighted by atomic mass is 9.83. The number of benzene rings is 1. The van der Waals surface area contributed by atoms with Crippen molar-refractivity contribution in [3.05, 3.63) is 65.6 Å². The van der Waals surface area contributed by atoms with Crippen LogP contribution in [0.15, 0.2) is 59.3 Å². The lowest BCUT2D eigenvalue weighted by Gasteiger charge is -2.30. The van der Waals surface area contributed by atoms with Gasteiger partial charge in [-0.15, -0.1) is 0 Å². The van der Waals surface area contributed by atoms with Gasteiger partial charge in [-0.3, -0.25) is 9.35 Å². The van der Waals surface area contributed by atoms with Gasteiger partial charge in [-0.25, -0.2) is 9.97 Å². The largest absolute Gasteiger partial charge is 0.324 e. The van der Waals surface area contributed by atoms with E-state index in [9.17, 15) is 13.2 Å². The van der Waals surface area contributed by atoms with E-state index >= 15 is 0 Å². The molecule has 1 aromatic carbocycles. The molecule has 2 N–H and O–H groups in total. The first kappa shape index (κ1) is 19.3. The van der Waals surface area contributed by atoms with Crippen molar-refractivity contribution >= 4 is 27.7 Å². The van der Waals surface area contributed by atoms with Crippen LogP contribution in [0.2, 0.25) is 0 Å². The number of hydrogen-bond donors (Lipinski definition) is 2. The molecule has 2 unspecified atom stereocenters. The number of rotatable bonds is 3. The van der Waals surface area contributed by atoms with E-state index in [0.29, 0.717) is 11.6 Å². The van der Waals surface area contributed by atoms with Crippen LogP contribution in [0, 0.1) is 5.92 Å². The van der Waals surface area contributed by atoms with Crippen LogP contribution in [0.4, 0.5) is 11.6 Å². The highest BCUT2D eigenvalue weighted by Gasteiger charge is 2.35. The summed E-state index contributed by atoms with van der Waals surface area (Å²) in [7, 11) is -2.47. The number of anilines is 2. The summed E-state index contributed by atoms with van der Waals surface area (Å²) in [6, 6.07) is 5.63. The molecule has 150 valence electrons. The molecule has 1 aliphatic heterocycles. The molecule has 2 aromatic rings. The predicted octanol–water partition coefficient (Wildman–Crippen LogP) is 2.65. The fraction of sp³-hybridized carbons (Fsp3) is 0.250. The molecule has 0 spiro atoms. The van der Waals surface area contributed by atoms with Gasteiger partial charge in [-0.1, -0.05) is 19.1 Å². The number of likely N-dealkylation sites (N-methyl/N-ethyl adjacent to an activating group) is 1. The summed E-state index contributed by atoms with van der Waals surface area (Å²) in [6.07, 6.45) is 7.89. The number of amides is 1. The summed E-state index contributed by atoms with van der Waals surface area (Å²) in [5.41, 5.74) is 3.08. The molecule has 2 heterocycles. The molecule has 0 saturated carbocycles. The van der Waals surface area contributed by atoms with Gasteiger partial charge in [0.25, 0.3) is 10.1 Å². The monoisotopic (exact) mass is 412 g/mol. The molecular formula is C20H20N4O4S. The smallest absolute Gasteiger partial charge is 0.294 e. The summed E-state index contributed by atoms with van der Waals surface area (Å²) in [4.78, 5) is 23.1. The maximum absolute atomic E-state index is 12.5. The summed E-state index contributed by atoms with van der Waals surface area (Å²) in [5.74, 6) is 0.449. The van der Waals surface area contributed by atoms with Crippen molar-refractivity contribution in [1.29, 1.82) is 0 Å². The molecule has 29 heavy (non-hydrogen) atoms. The zero-order valence-electron chi connectivity index (χ0n) is 15.9. The van der Waals surface area contributed by atoms with Gasteiger partial charge in [0.15, 0.2) is 0 Å². The summed E-state index contributed by atoms with van der Waals surface area (Å²) in [6.45, 7) is 2.09. The molecule has 9 heteroatoms. The van der Waals surface area contributed by atoms with Gasteiger partial charge in [0.2, 0.25) is 11.9 Å². The first-order chi connectivity index (χ1) is 13.7. The number of aromatic nitrogens is 2. The van der Waals surface area contributed by atoms with Crippen molar-refractivity contribution in [2.45, 2.75) is 24.2 Å². The minimum absolute atomic E-state index is 0.00684. The SMILES string of the molecule is CC1C=CC=C2C1c1nc(Nc3ccc(S(=O)(=O)O)cc3)ncc1CC(=O)N2C. The minimum Gasteiger partial charge on any atom is -0.324 e. The van der Waals surface area contributed by atoms with Gasteiger partial charge >= 0.3 is 0 Å². The summed E-state index contributed by atoms with van der Waals surface area (Å²) < 4.78 is 31.5. The molecule has 8 nitrogen and oxygen atoms in total. The topological polar surface area (TPSA) is 112 Å². The number of nitrogens with one attached hydrogen (secondary N) is 1.